The Labute approximate surface area is 93.5 Å². The SMILES string of the molecule is COc1cc(C=C[C]=O)ccc1OC(C)=O. The van der Waals surface area contributed by atoms with Gasteiger partial charge in [-0.1, -0.05) is 12.1 Å². The molecule has 0 spiro atoms. The molecule has 0 N–H and O–H groups in total. The van der Waals surface area contributed by atoms with Gasteiger partial charge in [-0.2, -0.15) is 0 Å². The van der Waals surface area contributed by atoms with Gasteiger partial charge >= 0.3 is 5.97 Å². The summed E-state index contributed by atoms with van der Waals surface area (Å²) in [7, 11) is 1.47. The summed E-state index contributed by atoms with van der Waals surface area (Å²) in [5.74, 6) is 0.369. The molecule has 0 saturated carbocycles. The first-order valence-electron chi connectivity index (χ1n) is 4.58. The first kappa shape index (κ1) is 12.0. The van der Waals surface area contributed by atoms with Gasteiger partial charge in [-0.3, -0.25) is 9.59 Å². The largest absolute Gasteiger partial charge is 0.493 e. The van der Waals surface area contributed by atoms with Gasteiger partial charge in [0.15, 0.2) is 11.5 Å². The monoisotopic (exact) mass is 219 g/mol. The Morgan fingerprint density at radius 3 is 2.69 bits per heavy atom. The predicted molar refractivity (Wildman–Crippen MR) is 59.0 cm³/mol. The highest BCUT2D eigenvalue weighted by Gasteiger charge is 2.06. The number of allylic oxidation sites excluding steroid dienone is 1. The zero-order chi connectivity index (χ0) is 12.0. The van der Waals surface area contributed by atoms with E-state index in [0.29, 0.717) is 11.5 Å². The Hall–Kier alpha value is -2.10. The summed E-state index contributed by atoms with van der Waals surface area (Å²) in [6.07, 6.45) is 4.47. The lowest BCUT2D eigenvalue weighted by atomic mass is 10.2. The second-order valence-corrected chi connectivity index (χ2v) is 2.96. The van der Waals surface area contributed by atoms with Crippen LogP contribution in [0.25, 0.3) is 6.08 Å². The first-order valence-corrected chi connectivity index (χ1v) is 4.58. The molecule has 0 amide bonds. The molecule has 0 bridgehead atoms. The van der Waals surface area contributed by atoms with Crippen LogP contribution in [0, 0.1) is 0 Å². The summed E-state index contributed by atoms with van der Waals surface area (Å²) in [5, 5.41) is 0. The van der Waals surface area contributed by atoms with Crippen molar-refractivity contribution < 1.29 is 19.1 Å². The van der Waals surface area contributed by atoms with Gasteiger partial charge in [0, 0.05) is 6.92 Å². The first-order chi connectivity index (χ1) is 7.67. The van der Waals surface area contributed by atoms with E-state index in [1.807, 2.05) is 0 Å². The van der Waals surface area contributed by atoms with Gasteiger partial charge in [0.2, 0.25) is 6.29 Å². The topological polar surface area (TPSA) is 52.6 Å². The van der Waals surface area contributed by atoms with Crippen molar-refractivity contribution in [1.82, 2.24) is 0 Å². The van der Waals surface area contributed by atoms with Gasteiger partial charge in [-0.15, -0.1) is 0 Å². The minimum atomic E-state index is -0.414. The van der Waals surface area contributed by atoms with E-state index in [1.54, 1.807) is 30.6 Å². The number of ether oxygens (including phenoxy) is 2. The lowest BCUT2D eigenvalue weighted by molar-refractivity contribution is -0.132. The number of hydrogen-bond donors (Lipinski definition) is 0. The van der Waals surface area contributed by atoms with Crippen molar-refractivity contribution in [2.45, 2.75) is 6.92 Å². The minimum absolute atomic E-state index is 0.349. The maximum Gasteiger partial charge on any atom is 0.308 e. The fraction of sp³-hybridized carbons (Fsp3) is 0.167. The quantitative estimate of drug-likeness (QED) is 0.439. The maximum atomic E-state index is 10.8. The van der Waals surface area contributed by atoms with Crippen LogP contribution in [0.1, 0.15) is 12.5 Å². The number of methoxy groups -OCH3 is 1. The fourth-order valence-electron chi connectivity index (χ4n) is 1.16. The summed E-state index contributed by atoms with van der Waals surface area (Å²) in [4.78, 5) is 20.8. The van der Waals surface area contributed by atoms with Crippen LogP contribution in [-0.2, 0) is 9.59 Å². The van der Waals surface area contributed by atoms with E-state index in [0.717, 1.165) is 5.56 Å². The summed E-state index contributed by atoms with van der Waals surface area (Å²) >= 11 is 0. The average Bonchev–Trinajstić information content (AvgIpc) is 2.27. The highest BCUT2D eigenvalue weighted by atomic mass is 16.6. The van der Waals surface area contributed by atoms with E-state index in [1.165, 1.54) is 20.1 Å². The summed E-state index contributed by atoms with van der Waals surface area (Å²) in [6, 6.07) is 4.96. The van der Waals surface area contributed by atoms with E-state index in [2.05, 4.69) is 0 Å². The van der Waals surface area contributed by atoms with Crippen LogP contribution in [0.2, 0.25) is 0 Å². The van der Waals surface area contributed by atoms with Crippen molar-refractivity contribution in [2.75, 3.05) is 7.11 Å². The maximum absolute atomic E-state index is 10.8. The lowest BCUT2D eigenvalue weighted by Gasteiger charge is -2.08. The Morgan fingerprint density at radius 1 is 1.38 bits per heavy atom. The molecule has 1 rings (SSSR count). The molecule has 0 saturated heterocycles. The van der Waals surface area contributed by atoms with E-state index < -0.39 is 5.97 Å². The molecule has 1 aromatic carbocycles. The van der Waals surface area contributed by atoms with Gasteiger partial charge in [-0.25, -0.2) is 0 Å². The molecule has 0 heterocycles. The summed E-state index contributed by atoms with van der Waals surface area (Å²) < 4.78 is 9.99. The highest BCUT2D eigenvalue weighted by Crippen LogP contribution is 2.28. The van der Waals surface area contributed by atoms with Crippen LogP contribution >= 0.6 is 0 Å². The van der Waals surface area contributed by atoms with Crippen LogP contribution in [0.5, 0.6) is 11.5 Å². The molecule has 0 unspecified atom stereocenters. The van der Waals surface area contributed by atoms with Crippen molar-refractivity contribution in [2.24, 2.45) is 0 Å². The van der Waals surface area contributed by atoms with E-state index in [4.69, 9.17) is 9.47 Å². The third-order valence-electron chi connectivity index (χ3n) is 1.79. The smallest absolute Gasteiger partial charge is 0.308 e. The third kappa shape index (κ3) is 3.24. The molecule has 1 radical (unpaired) electrons. The molecule has 0 aliphatic carbocycles. The molecule has 1 aromatic rings. The molecule has 16 heavy (non-hydrogen) atoms. The lowest BCUT2D eigenvalue weighted by Crippen LogP contribution is -2.02. The summed E-state index contributed by atoms with van der Waals surface area (Å²) in [6.45, 7) is 1.31. The van der Waals surface area contributed by atoms with Gasteiger partial charge in [-0.05, 0) is 23.8 Å². The molecular weight excluding hydrogens is 208 g/mol. The van der Waals surface area contributed by atoms with Crippen molar-refractivity contribution in [1.29, 1.82) is 0 Å². The molecule has 4 heteroatoms. The Morgan fingerprint density at radius 2 is 2.12 bits per heavy atom. The molecule has 0 aromatic heterocycles. The molecule has 83 valence electrons. The van der Waals surface area contributed by atoms with Gasteiger partial charge in [0.05, 0.1) is 7.11 Å². The normalized spacial score (nSPS) is 10.1. The zero-order valence-electron chi connectivity index (χ0n) is 9.02. The Kier molecular flexibility index (Phi) is 4.27. The number of benzene rings is 1. The number of carbonyl (C=O) groups is 1. The highest BCUT2D eigenvalue weighted by molar-refractivity contribution is 5.75. The van der Waals surface area contributed by atoms with E-state index >= 15 is 0 Å². The van der Waals surface area contributed by atoms with Crippen molar-refractivity contribution in [3.63, 3.8) is 0 Å². The second kappa shape index (κ2) is 5.70. The standard InChI is InChI=1S/C12H11O4/c1-9(14)16-11-6-5-10(4-3-7-13)8-12(11)15-2/h3-6,8H,1-2H3. The van der Waals surface area contributed by atoms with Crippen LogP contribution in [-0.4, -0.2) is 19.4 Å². The molecule has 0 atom stereocenters. The van der Waals surface area contributed by atoms with Crippen molar-refractivity contribution in [3.8, 4) is 11.5 Å². The molecular formula is C12H11O4. The Bertz CT molecular complexity index is 421. The third-order valence-corrected chi connectivity index (χ3v) is 1.79. The van der Waals surface area contributed by atoms with Gasteiger partial charge < -0.3 is 9.47 Å². The zero-order valence-corrected chi connectivity index (χ0v) is 9.02. The molecule has 0 aliphatic heterocycles. The van der Waals surface area contributed by atoms with E-state index in [9.17, 15) is 9.59 Å². The molecule has 0 aliphatic rings. The van der Waals surface area contributed by atoms with Crippen LogP contribution in [0.4, 0.5) is 0 Å². The van der Waals surface area contributed by atoms with Crippen LogP contribution < -0.4 is 9.47 Å². The van der Waals surface area contributed by atoms with Crippen molar-refractivity contribution >= 4 is 18.3 Å². The second-order valence-electron chi connectivity index (χ2n) is 2.96. The summed E-state index contributed by atoms with van der Waals surface area (Å²) in [5.41, 5.74) is 0.760. The van der Waals surface area contributed by atoms with Crippen LogP contribution in [0.15, 0.2) is 24.3 Å². The number of hydrogen-bond acceptors (Lipinski definition) is 4. The molecule has 4 nitrogen and oxygen atoms in total. The number of esters is 1. The fourth-order valence-corrected chi connectivity index (χ4v) is 1.16. The predicted octanol–water partition coefficient (Wildman–Crippen LogP) is 1.74. The minimum Gasteiger partial charge on any atom is -0.493 e. The van der Waals surface area contributed by atoms with Gasteiger partial charge in [0.1, 0.15) is 0 Å². The Balaban J connectivity index is 3.01. The van der Waals surface area contributed by atoms with Crippen LogP contribution in [0.3, 0.4) is 0 Å². The molecule has 0 fully saturated rings. The van der Waals surface area contributed by atoms with E-state index in [-0.39, 0.29) is 0 Å². The van der Waals surface area contributed by atoms with Gasteiger partial charge in [0.25, 0.3) is 0 Å². The number of carbonyl (C=O) groups excluding carboxylic acids is 2. The van der Waals surface area contributed by atoms with Crippen molar-refractivity contribution in [3.05, 3.63) is 29.8 Å². The number of rotatable bonds is 4. The average molecular weight is 219 g/mol.